The molecule has 0 bridgehead atoms. The molecule has 5 nitrogen and oxygen atoms in total. The zero-order chi connectivity index (χ0) is 15.7. The molecule has 1 aromatic carbocycles. The summed E-state index contributed by atoms with van der Waals surface area (Å²) in [6, 6.07) is 6.73. The van der Waals surface area contributed by atoms with Crippen molar-refractivity contribution in [3.8, 4) is 0 Å². The number of ether oxygens (including phenoxy) is 1. The average Bonchev–Trinajstić information content (AvgIpc) is 2.43. The van der Waals surface area contributed by atoms with Crippen LogP contribution in [0.2, 0.25) is 5.02 Å². The van der Waals surface area contributed by atoms with Crippen LogP contribution in [0.5, 0.6) is 0 Å². The van der Waals surface area contributed by atoms with Crippen molar-refractivity contribution in [1.82, 2.24) is 10.6 Å². The molecule has 1 aromatic rings. The van der Waals surface area contributed by atoms with Gasteiger partial charge in [0.25, 0.3) is 0 Å². The van der Waals surface area contributed by atoms with Crippen LogP contribution in [-0.4, -0.2) is 32.1 Å². The summed E-state index contributed by atoms with van der Waals surface area (Å²) in [6.07, 6.45) is 0.947. The Morgan fingerprint density at radius 2 is 1.95 bits per heavy atom. The summed E-state index contributed by atoms with van der Waals surface area (Å²) in [7, 11) is 1.62. The minimum absolute atomic E-state index is 0.111. The van der Waals surface area contributed by atoms with Gasteiger partial charge in [0.15, 0.2) is 0 Å². The second-order valence-corrected chi connectivity index (χ2v) is 5.14. The van der Waals surface area contributed by atoms with Crippen molar-refractivity contribution < 1.29 is 14.3 Å². The fraction of sp³-hybridized carbons (Fsp3) is 0.467. The molecule has 21 heavy (non-hydrogen) atoms. The normalized spacial score (nSPS) is 11.8. The third kappa shape index (κ3) is 7.11. The van der Waals surface area contributed by atoms with Gasteiger partial charge in [-0.25, -0.2) is 0 Å². The van der Waals surface area contributed by atoms with Crippen LogP contribution < -0.4 is 10.6 Å². The van der Waals surface area contributed by atoms with Crippen LogP contribution in [0.25, 0.3) is 0 Å². The van der Waals surface area contributed by atoms with E-state index >= 15 is 0 Å². The Labute approximate surface area is 130 Å². The van der Waals surface area contributed by atoms with Crippen molar-refractivity contribution in [3.05, 3.63) is 34.9 Å². The van der Waals surface area contributed by atoms with E-state index in [2.05, 4.69) is 10.6 Å². The summed E-state index contributed by atoms with van der Waals surface area (Å²) in [5.41, 5.74) is 0.849. The number of nitrogens with one attached hydrogen (secondary N) is 2. The SMILES string of the molecule is COCCCNC(=O)C[C@H](NC(C)=O)c1ccc(Cl)cc1. The number of hydrogen-bond donors (Lipinski definition) is 2. The lowest BCUT2D eigenvalue weighted by Gasteiger charge is -2.18. The summed E-state index contributed by atoms with van der Waals surface area (Å²) in [4.78, 5) is 23.2. The number of carbonyl (C=O) groups is 2. The summed E-state index contributed by atoms with van der Waals surface area (Å²) in [6.45, 7) is 2.59. The molecule has 0 saturated heterocycles. The van der Waals surface area contributed by atoms with Crippen LogP contribution in [0, 0.1) is 0 Å². The first-order chi connectivity index (χ1) is 10.0. The van der Waals surface area contributed by atoms with Crippen molar-refractivity contribution in [2.24, 2.45) is 0 Å². The van der Waals surface area contributed by atoms with Crippen molar-refractivity contribution in [2.45, 2.75) is 25.8 Å². The molecule has 0 heterocycles. The molecule has 1 rings (SSSR count). The molecule has 0 aliphatic heterocycles. The van der Waals surface area contributed by atoms with E-state index in [9.17, 15) is 9.59 Å². The largest absolute Gasteiger partial charge is 0.385 e. The highest BCUT2D eigenvalue weighted by Crippen LogP contribution is 2.19. The van der Waals surface area contributed by atoms with E-state index in [0.717, 1.165) is 12.0 Å². The fourth-order valence-electron chi connectivity index (χ4n) is 1.89. The highest BCUT2D eigenvalue weighted by Gasteiger charge is 2.16. The molecular formula is C15H21ClN2O3. The van der Waals surface area contributed by atoms with Crippen LogP contribution in [0.15, 0.2) is 24.3 Å². The quantitative estimate of drug-likeness (QED) is 0.722. The molecule has 0 unspecified atom stereocenters. The number of halogens is 1. The maximum Gasteiger partial charge on any atom is 0.222 e. The number of rotatable bonds is 8. The van der Waals surface area contributed by atoms with Gasteiger partial charge in [-0.3, -0.25) is 9.59 Å². The summed E-state index contributed by atoms with van der Waals surface area (Å²) < 4.78 is 4.92. The lowest BCUT2D eigenvalue weighted by molar-refractivity contribution is -0.122. The van der Waals surface area contributed by atoms with Crippen molar-refractivity contribution in [2.75, 3.05) is 20.3 Å². The summed E-state index contributed by atoms with van der Waals surface area (Å²) >= 11 is 5.85. The third-order valence-electron chi connectivity index (χ3n) is 2.89. The number of carbonyl (C=O) groups excluding carboxylic acids is 2. The minimum Gasteiger partial charge on any atom is -0.385 e. The molecule has 0 aliphatic carbocycles. The molecule has 1 atom stereocenters. The summed E-state index contributed by atoms with van der Waals surface area (Å²) in [5.74, 6) is -0.290. The van der Waals surface area contributed by atoms with E-state index in [-0.39, 0.29) is 24.3 Å². The summed E-state index contributed by atoms with van der Waals surface area (Å²) in [5, 5.41) is 6.20. The van der Waals surface area contributed by atoms with E-state index in [4.69, 9.17) is 16.3 Å². The van der Waals surface area contributed by atoms with Gasteiger partial charge in [0.1, 0.15) is 0 Å². The zero-order valence-corrected chi connectivity index (χ0v) is 13.1. The second-order valence-electron chi connectivity index (χ2n) is 4.71. The molecule has 6 heteroatoms. The monoisotopic (exact) mass is 312 g/mol. The molecule has 0 saturated carbocycles. The lowest BCUT2D eigenvalue weighted by Crippen LogP contribution is -2.33. The van der Waals surface area contributed by atoms with E-state index in [0.29, 0.717) is 18.2 Å². The Morgan fingerprint density at radius 1 is 1.29 bits per heavy atom. The van der Waals surface area contributed by atoms with Gasteiger partial charge in [-0.05, 0) is 24.1 Å². The van der Waals surface area contributed by atoms with Gasteiger partial charge in [-0.2, -0.15) is 0 Å². The maximum atomic E-state index is 11.9. The van der Waals surface area contributed by atoms with Crippen LogP contribution in [0.4, 0.5) is 0 Å². The lowest BCUT2D eigenvalue weighted by atomic mass is 10.0. The molecule has 0 spiro atoms. The Morgan fingerprint density at radius 3 is 2.52 bits per heavy atom. The number of amides is 2. The molecule has 0 aliphatic rings. The standard InChI is InChI=1S/C15H21ClN2O3/c1-11(19)18-14(12-4-6-13(16)7-5-12)10-15(20)17-8-3-9-21-2/h4-7,14H,3,8-10H2,1-2H3,(H,17,20)(H,18,19)/t14-/m0/s1. The van der Waals surface area contributed by atoms with Crippen LogP contribution >= 0.6 is 11.6 Å². The van der Waals surface area contributed by atoms with Gasteiger partial charge in [0, 0.05) is 32.2 Å². The van der Waals surface area contributed by atoms with Gasteiger partial charge < -0.3 is 15.4 Å². The number of benzene rings is 1. The van der Waals surface area contributed by atoms with E-state index in [1.807, 2.05) is 0 Å². The number of hydrogen-bond acceptors (Lipinski definition) is 3. The van der Waals surface area contributed by atoms with Crippen molar-refractivity contribution in [1.29, 1.82) is 0 Å². The highest BCUT2D eigenvalue weighted by molar-refractivity contribution is 6.30. The topological polar surface area (TPSA) is 67.4 Å². The minimum atomic E-state index is -0.359. The van der Waals surface area contributed by atoms with Gasteiger partial charge in [0.2, 0.25) is 11.8 Å². The predicted molar refractivity (Wildman–Crippen MR) is 82.1 cm³/mol. The molecule has 0 radical (unpaired) electrons. The van der Waals surface area contributed by atoms with E-state index < -0.39 is 0 Å². The predicted octanol–water partition coefficient (Wildman–Crippen LogP) is 2.06. The fourth-order valence-corrected chi connectivity index (χ4v) is 2.02. The average molecular weight is 313 g/mol. The third-order valence-corrected chi connectivity index (χ3v) is 3.14. The van der Waals surface area contributed by atoms with E-state index in [1.54, 1.807) is 31.4 Å². The van der Waals surface area contributed by atoms with Crippen LogP contribution in [0.1, 0.15) is 31.4 Å². The van der Waals surface area contributed by atoms with Gasteiger partial charge in [0.05, 0.1) is 12.5 Å². The van der Waals surface area contributed by atoms with Crippen LogP contribution in [-0.2, 0) is 14.3 Å². The van der Waals surface area contributed by atoms with Gasteiger partial charge >= 0.3 is 0 Å². The molecule has 2 N–H and O–H groups in total. The molecule has 2 amide bonds. The Kier molecular flexibility index (Phi) is 7.79. The first-order valence-corrected chi connectivity index (χ1v) is 7.19. The molecular weight excluding hydrogens is 292 g/mol. The van der Waals surface area contributed by atoms with Gasteiger partial charge in [-0.15, -0.1) is 0 Å². The van der Waals surface area contributed by atoms with Crippen LogP contribution in [0.3, 0.4) is 0 Å². The van der Waals surface area contributed by atoms with Gasteiger partial charge in [-0.1, -0.05) is 23.7 Å². The van der Waals surface area contributed by atoms with E-state index in [1.165, 1.54) is 6.92 Å². The Balaban J connectivity index is 2.59. The number of methoxy groups -OCH3 is 1. The molecule has 0 fully saturated rings. The first-order valence-electron chi connectivity index (χ1n) is 6.81. The maximum absolute atomic E-state index is 11.9. The van der Waals surface area contributed by atoms with Crippen molar-refractivity contribution in [3.63, 3.8) is 0 Å². The van der Waals surface area contributed by atoms with Crippen molar-refractivity contribution >= 4 is 23.4 Å². The molecule has 0 aromatic heterocycles. The molecule has 116 valence electrons. The zero-order valence-electron chi connectivity index (χ0n) is 12.3. The highest BCUT2D eigenvalue weighted by atomic mass is 35.5. The smallest absolute Gasteiger partial charge is 0.222 e. The second kappa shape index (κ2) is 9.37. The Hall–Kier alpha value is -1.59. The Bertz CT molecular complexity index is 462. The first kappa shape index (κ1) is 17.5.